The number of aliphatic hydroxyl groups excluding tert-OH is 1. The molecule has 0 radical (unpaired) electrons. The molecule has 25 heavy (non-hydrogen) atoms. The minimum Gasteiger partial charge on any atom is -0.396 e. The Morgan fingerprint density at radius 1 is 1.12 bits per heavy atom. The minimum atomic E-state index is -3.56. The lowest BCUT2D eigenvalue weighted by Gasteiger charge is -2.18. The number of hydrogen-bond acceptors (Lipinski definition) is 4. The molecule has 0 aliphatic rings. The molecule has 2 N–H and O–H groups in total. The first-order chi connectivity index (χ1) is 11.8. The number of sulfonamides is 1. The maximum absolute atomic E-state index is 12.8. The zero-order valence-corrected chi connectivity index (χ0v) is 16.9. The topological polar surface area (TPSA) is 66.4 Å². The quantitative estimate of drug-likeness (QED) is 0.730. The summed E-state index contributed by atoms with van der Waals surface area (Å²) in [6, 6.07) is 6.05. The third kappa shape index (κ3) is 4.70. The number of hydrogen-bond donors (Lipinski definition) is 2. The van der Waals surface area contributed by atoms with Gasteiger partial charge < -0.3 is 5.11 Å². The highest BCUT2D eigenvalue weighted by Crippen LogP contribution is 2.28. The molecule has 2 rings (SSSR count). The van der Waals surface area contributed by atoms with E-state index in [1.807, 2.05) is 51.3 Å². The van der Waals surface area contributed by atoms with Gasteiger partial charge in [-0.1, -0.05) is 12.1 Å². The number of rotatable bonds is 8. The third-order valence-corrected chi connectivity index (χ3v) is 7.54. The Balaban J connectivity index is 2.15. The van der Waals surface area contributed by atoms with Crippen LogP contribution in [-0.4, -0.2) is 26.7 Å². The number of benzene rings is 1. The lowest BCUT2D eigenvalue weighted by atomic mass is 10.0. The van der Waals surface area contributed by atoms with Crippen molar-refractivity contribution in [1.29, 1.82) is 0 Å². The van der Waals surface area contributed by atoms with Gasteiger partial charge in [0, 0.05) is 18.0 Å². The van der Waals surface area contributed by atoms with Crippen LogP contribution in [0, 0.1) is 27.7 Å². The van der Waals surface area contributed by atoms with E-state index in [9.17, 15) is 13.5 Å². The van der Waals surface area contributed by atoms with Crippen molar-refractivity contribution in [3.8, 4) is 0 Å². The van der Waals surface area contributed by atoms with Crippen LogP contribution in [0.25, 0.3) is 0 Å². The summed E-state index contributed by atoms with van der Waals surface area (Å²) in [6.07, 6.45) is 1.31. The van der Waals surface area contributed by atoms with E-state index in [4.69, 9.17) is 0 Å². The van der Waals surface area contributed by atoms with Gasteiger partial charge in [0.25, 0.3) is 0 Å². The van der Waals surface area contributed by atoms with Crippen LogP contribution in [-0.2, 0) is 10.0 Å². The fourth-order valence-electron chi connectivity index (χ4n) is 3.13. The van der Waals surface area contributed by atoms with Crippen molar-refractivity contribution in [1.82, 2.24) is 4.72 Å². The Hall–Kier alpha value is -1.21. The van der Waals surface area contributed by atoms with Crippen LogP contribution < -0.4 is 4.72 Å². The summed E-state index contributed by atoms with van der Waals surface area (Å²) in [5.41, 5.74) is 3.59. The predicted octanol–water partition coefficient (Wildman–Crippen LogP) is 3.82. The normalized spacial score (nSPS) is 13.2. The highest BCUT2D eigenvalue weighted by atomic mass is 32.2. The standard InChI is InChI=1S/C19H27NO3S2/c1-13-12-14(2)16(4)19(15(13)3)25(22,23)20-9-7-17(8-10-21)18-6-5-11-24-18/h5-6,11-12,17,20-21H,7-10H2,1-4H3/t17-/m0/s1. The van der Waals surface area contributed by atoms with Gasteiger partial charge >= 0.3 is 0 Å². The van der Waals surface area contributed by atoms with Crippen molar-refractivity contribution in [2.24, 2.45) is 0 Å². The number of aliphatic hydroxyl groups is 1. The first-order valence-electron chi connectivity index (χ1n) is 8.49. The highest BCUT2D eigenvalue weighted by molar-refractivity contribution is 7.89. The molecule has 0 aliphatic heterocycles. The highest BCUT2D eigenvalue weighted by Gasteiger charge is 2.22. The molecular formula is C19H27NO3S2. The van der Waals surface area contributed by atoms with E-state index in [2.05, 4.69) is 4.72 Å². The van der Waals surface area contributed by atoms with Crippen LogP contribution in [0.3, 0.4) is 0 Å². The van der Waals surface area contributed by atoms with E-state index in [0.29, 0.717) is 24.3 Å². The maximum atomic E-state index is 12.8. The molecule has 0 spiro atoms. The van der Waals surface area contributed by atoms with Crippen LogP contribution in [0.4, 0.5) is 0 Å². The summed E-state index contributed by atoms with van der Waals surface area (Å²) in [4.78, 5) is 1.59. The molecule has 0 fully saturated rings. The van der Waals surface area contributed by atoms with Gasteiger partial charge in [-0.25, -0.2) is 13.1 Å². The SMILES string of the molecule is Cc1cc(C)c(C)c(S(=O)(=O)NCC[C@@H](CCO)c2cccs2)c1C. The van der Waals surface area contributed by atoms with Crippen molar-refractivity contribution in [2.75, 3.05) is 13.2 Å². The predicted molar refractivity (Wildman–Crippen MR) is 104 cm³/mol. The molecule has 1 aromatic heterocycles. The molecule has 0 saturated heterocycles. The Morgan fingerprint density at radius 3 is 2.28 bits per heavy atom. The largest absolute Gasteiger partial charge is 0.396 e. The number of nitrogens with one attached hydrogen (secondary N) is 1. The fraction of sp³-hybridized carbons (Fsp3) is 0.474. The fourth-order valence-corrected chi connectivity index (χ4v) is 5.69. The number of thiophene rings is 1. The van der Waals surface area contributed by atoms with E-state index in [0.717, 1.165) is 22.3 Å². The van der Waals surface area contributed by atoms with Crippen molar-refractivity contribution in [3.05, 3.63) is 50.7 Å². The molecule has 2 aromatic rings. The summed E-state index contributed by atoms with van der Waals surface area (Å²) >= 11 is 1.65. The molecule has 1 aromatic carbocycles. The van der Waals surface area contributed by atoms with Gasteiger partial charge in [0.2, 0.25) is 10.0 Å². The second-order valence-corrected chi connectivity index (χ2v) is 9.18. The first-order valence-corrected chi connectivity index (χ1v) is 10.9. The van der Waals surface area contributed by atoms with Crippen LogP contribution in [0.2, 0.25) is 0 Å². The first kappa shape index (κ1) is 20.1. The lowest BCUT2D eigenvalue weighted by Crippen LogP contribution is -2.27. The Morgan fingerprint density at radius 2 is 1.76 bits per heavy atom. The zero-order valence-electron chi connectivity index (χ0n) is 15.3. The van der Waals surface area contributed by atoms with E-state index in [1.165, 1.54) is 4.88 Å². The summed E-state index contributed by atoms with van der Waals surface area (Å²) in [5.74, 6) is 0.175. The molecule has 0 aliphatic carbocycles. The maximum Gasteiger partial charge on any atom is 0.241 e. The molecule has 4 nitrogen and oxygen atoms in total. The summed E-state index contributed by atoms with van der Waals surface area (Å²) < 4.78 is 28.4. The smallest absolute Gasteiger partial charge is 0.241 e. The Bertz CT molecular complexity index is 785. The molecule has 0 bridgehead atoms. The second kappa shape index (κ2) is 8.45. The van der Waals surface area contributed by atoms with Crippen LogP contribution in [0.15, 0.2) is 28.5 Å². The summed E-state index contributed by atoms with van der Waals surface area (Å²) in [5, 5.41) is 11.3. The lowest BCUT2D eigenvalue weighted by molar-refractivity contribution is 0.273. The monoisotopic (exact) mass is 381 g/mol. The summed E-state index contributed by atoms with van der Waals surface area (Å²) in [7, 11) is -3.56. The van der Waals surface area contributed by atoms with Crippen molar-refractivity contribution in [2.45, 2.75) is 51.3 Å². The van der Waals surface area contributed by atoms with Gasteiger partial charge in [-0.2, -0.15) is 0 Å². The molecule has 6 heteroatoms. The zero-order chi connectivity index (χ0) is 18.6. The van der Waals surface area contributed by atoms with E-state index in [1.54, 1.807) is 11.3 Å². The van der Waals surface area contributed by atoms with Crippen LogP contribution in [0.5, 0.6) is 0 Å². The summed E-state index contributed by atoms with van der Waals surface area (Å²) in [6.45, 7) is 8.05. The third-order valence-electron chi connectivity index (χ3n) is 4.77. The molecular weight excluding hydrogens is 354 g/mol. The van der Waals surface area contributed by atoms with E-state index in [-0.39, 0.29) is 12.5 Å². The van der Waals surface area contributed by atoms with Gasteiger partial charge in [-0.05, 0) is 80.2 Å². The van der Waals surface area contributed by atoms with Gasteiger partial charge in [0.05, 0.1) is 4.90 Å². The van der Waals surface area contributed by atoms with E-state index >= 15 is 0 Å². The van der Waals surface area contributed by atoms with Crippen molar-refractivity contribution < 1.29 is 13.5 Å². The van der Waals surface area contributed by atoms with Crippen molar-refractivity contribution >= 4 is 21.4 Å². The van der Waals surface area contributed by atoms with E-state index < -0.39 is 10.0 Å². The number of aryl methyl sites for hydroxylation is 2. The van der Waals surface area contributed by atoms with Gasteiger partial charge in [0.15, 0.2) is 0 Å². The van der Waals surface area contributed by atoms with Crippen molar-refractivity contribution in [3.63, 3.8) is 0 Å². The van der Waals surface area contributed by atoms with Gasteiger partial charge in [0.1, 0.15) is 0 Å². The average molecular weight is 382 g/mol. The molecule has 0 unspecified atom stereocenters. The van der Waals surface area contributed by atoms with Gasteiger partial charge in [-0.3, -0.25) is 0 Å². The second-order valence-electron chi connectivity index (χ2n) is 6.50. The molecule has 1 heterocycles. The minimum absolute atomic E-state index is 0.102. The Labute approximate surface area is 155 Å². The molecule has 0 amide bonds. The van der Waals surface area contributed by atoms with Crippen LogP contribution >= 0.6 is 11.3 Å². The molecule has 0 saturated carbocycles. The molecule has 138 valence electrons. The van der Waals surface area contributed by atoms with Gasteiger partial charge in [-0.15, -0.1) is 11.3 Å². The van der Waals surface area contributed by atoms with Crippen LogP contribution in [0.1, 0.15) is 45.9 Å². The average Bonchev–Trinajstić information content (AvgIpc) is 3.06. The Kier molecular flexibility index (Phi) is 6.79. The molecule has 1 atom stereocenters.